The summed E-state index contributed by atoms with van der Waals surface area (Å²) in [5.74, 6) is -0.817. The number of carbonyl (C=O) groups is 2. The van der Waals surface area contributed by atoms with Crippen molar-refractivity contribution in [2.45, 2.75) is 13.0 Å². The largest absolute Gasteiger partial charge is 0.452 e. The van der Waals surface area contributed by atoms with Gasteiger partial charge in [0.1, 0.15) is 19.6 Å². The highest BCUT2D eigenvalue weighted by molar-refractivity contribution is 6.30. The lowest BCUT2D eigenvalue weighted by atomic mass is 10.1. The Morgan fingerprint density at radius 1 is 1.00 bits per heavy atom. The maximum Gasteiger partial charge on any atom is 0.338 e. The van der Waals surface area contributed by atoms with Crippen LogP contribution in [0.3, 0.4) is 0 Å². The summed E-state index contributed by atoms with van der Waals surface area (Å²) in [5, 5.41) is 3.43. The molecular weight excluding hydrogens is 392 g/mol. The predicted molar refractivity (Wildman–Crippen MR) is 110 cm³/mol. The summed E-state index contributed by atoms with van der Waals surface area (Å²) in [4.78, 5) is 25.5. The van der Waals surface area contributed by atoms with Gasteiger partial charge in [-0.15, -0.1) is 0 Å². The van der Waals surface area contributed by atoms with Crippen molar-refractivity contribution >= 4 is 23.5 Å². The average molecular weight is 418 g/mol. The lowest BCUT2D eigenvalue weighted by Crippen LogP contribution is -3.12. The third-order valence-corrected chi connectivity index (χ3v) is 5.08. The number of halogens is 1. The lowest BCUT2D eigenvalue weighted by Gasteiger charge is -2.23. The van der Waals surface area contributed by atoms with Crippen LogP contribution in [0.5, 0.6) is 0 Å². The van der Waals surface area contributed by atoms with Gasteiger partial charge in [-0.2, -0.15) is 0 Å². The van der Waals surface area contributed by atoms with Crippen LogP contribution in [0.2, 0.25) is 5.02 Å². The molecule has 7 heteroatoms. The Balaban J connectivity index is 1.36. The molecule has 154 valence electrons. The minimum absolute atomic E-state index is 0.293. The zero-order valence-corrected chi connectivity index (χ0v) is 17.0. The molecule has 0 aliphatic carbocycles. The normalized spacial score (nSPS) is 14.4. The average Bonchev–Trinajstić information content (AvgIpc) is 2.75. The Labute approximate surface area is 175 Å². The highest BCUT2D eigenvalue weighted by Crippen LogP contribution is 2.09. The summed E-state index contributed by atoms with van der Waals surface area (Å²) >= 11 is 5.85. The maximum absolute atomic E-state index is 12.1. The number of benzene rings is 2. The van der Waals surface area contributed by atoms with Crippen molar-refractivity contribution < 1.29 is 24.0 Å². The Bertz CT molecular complexity index is 803. The van der Waals surface area contributed by atoms with Crippen molar-refractivity contribution in [3.63, 3.8) is 0 Å². The number of esters is 1. The molecule has 2 N–H and O–H groups in total. The fourth-order valence-electron chi connectivity index (χ4n) is 3.15. The van der Waals surface area contributed by atoms with E-state index < -0.39 is 5.97 Å². The topological polar surface area (TPSA) is 69.1 Å². The second-order valence-electron chi connectivity index (χ2n) is 7.04. The fourth-order valence-corrected chi connectivity index (χ4v) is 3.27. The Morgan fingerprint density at radius 2 is 1.66 bits per heavy atom. The molecule has 1 fully saturated rings. The monoisotopic (exact) mass is 417 g/mol. The number of nitrogens with one attached hydrogen (secondary N) is 2. The van der Waals surface area contributed by atoms with Gasteiger partial charge in [-0.3, -0.25) is 4.79 Å². The van der Waals surface area contributed by atoms with Crippen molar-refractivity contribution in [2.75, 3.05) is 39.5 Å². The molecule has 0 unspecified atom stereocenters. The first kappa shape index (κ1) is 21.3. The van der Waals surface area contributed by atoms with E-state index in [1.807, 2.05) is 36.4 Å². The van der Waals surface area contributed by atoms with E-state index in [9.17, 15) is 9.59 Å². The smallest absolute Gasteiger partial charge is 0.338 e. The first-order chi connectivity index (χ1) is 14.1. The highest BCUT2D eigenvalue weighted by atomic mass is 35.5. The standard InChI is InChI=1S/C22H25ClN2O4/c23-20-7-3-17(4-8-20)9-10-24-21(26)16-29-22(27)19-5-1-18(2-6-19)15-25-11-13-28-14-12-25/h1-8H,9-16H2,(H,24,26)/p+1. The molecule has 1 heterocycles. The number of hydrogen-bond donors (Lipinski definition) is 2. The molecule has 6 nitrogen and oxygen atoms in total. The molecular formula is C22H26ClN2O4+. The summed E-state index contributed by atoms with van der Waals surface area (Å²) < 4.78 is 10.5. The molecule has 0 radical (unpaired) electrons. The fraction of sp³-hybridized carbons (Fsp3) is 0.364. The van der Waals surface area contributed by atoms with Gasteiger partial charge in [0.25, 0.3) is 5.91 Å². The molecule has 3 rings (SSSR count). The Morgan fingerprint density at radius 3 is 2.34 bits per heavy atom. The van der Waals surface area contributed by atoms with Crippen LogP contribution in [0, 0.1) is 0 Å². The van der Waals surface area contributed by atoms with Gasteiger partial charge in [-0.1, -0.05) is 35.9 Å². The van der Waals surface area contributed by atoms with Gasteiger partial charge in [-0.05, 0) is 36.2 Å². The van der Waals surface area contributed by atoms with Crippen LogP contribution < -0.4 is 10.2 Å². The molecule has 2 aromatic carbocycles. The van der Waals surface area contributed by atoms with Gasteiger partial charge in [-0.25, -0.2) is 4.79 Å². The quantitative estimate of drug-likeness (QED) is 0.635. The van der Waals surface area contributed by atoms with Crippen LogP contribution in [0.25, 0.3) is 0 Å². The Hall–Kier alpha value is -2.41. The number of amides is 1. The molecule has 29 heavy (non-hydrogen) atoms. The van der Waals surface area contributed by atoms with Crippen LogP contribution in [0.1, 0.15) is 21.5 Å². The minimum Gasteiger partial charge on any atom is -0.452 e. The number of quaternary nitrogens is 1. The summed E-state index contributed by atoms with van der Waals surface area (Å²) in [6.07, 6.45) is 0.684. The van der Waals surface area contributed by atoms with Crippen LogP contribution in [-0.2, 0) is 27.2 Å². The third-order valence-electron chi connectivity index (χ3n) is 4.83. The van der Waals surface area contributed by atoms with Crippen LogP contribution in [0.15, 0.2) is 48.5 Å². The summed E-state index contributed by atoms with van der Waals surface area (Å²) in [6.45, 7) is 4.67. The first-order valence-electron chi connectivity index (χ1n) is 9.78. The van der Waals surface area contributed by atoms with Crippen molar-refractivity contribution in [1.82, 2.24) is 5.32 Å². The lowest BCUT2D eigenvalue weighted by molar-refractivity contribution is -0.921. The van der Waals surface area contributed by atoms with E-state index >= 15 is 0 Å². The van der Waals surface area contributed by atoms with Gasteiger partial charge < -0.3 is 19.7 Å². The molecule has 1 aliphatic rings. The summed E-state index contributed by atoms with van der Waals surface area (Å²) in [5.41, 5.74) is 2.68. The van der Waals surface area contributed by atoms with Crippen molar-refractivity contribution in [2.24, 2.45) is 0 Å². The number of rotatable bonds is 8. The molecule has 1 amide bonds. The highest BCUT2D eigenvalue weighted by Gasteiger charge is 2.15. The summed E-state index contributed by atoms with van der Waals surface area (Å²) in [7, 11) is 0. The van der Waals surface area contributed by atoms with Crippen molar-refractivity contribution in [1.29, 1.82) is 0 Å². The van der Waals surface area contributed by atoms with Crippen molar-refractivity contribution in [3.05, 3.63) is 70.2 Å². The number of ether oxygens (including phenoxy) is 2. The van der Waals surface area contributed by atoms with E-state index in [0.29, 0.717) is 23.6 Å². The molecule has 0 spiro atoms. The van der Waals surface area contributed by atoms with E-state index in [0.717, 1.165) is 38.4 Å². The molecule has 2 aromatic rings. The second kappa shape index (κ2) is 11.0. The molecule has 0 saturated carbocycles. The molecule has 1 saturated heterocycles. The SMILES string of the molecule is O=C(COC(=O)c1ccc(C[NH+]2CCOCC2)cc1)NCCc1ccc(Cl)cc1. The number of morpholine rings is 1. The zero-order valence-electron chi connectivity index (χ0n) is 16.3. The van der Waals surface area contributed by atoms with E-state index in [1.165, 1.54) is 10.5 Å². The van der Waals surface area contributed by atoms with Crippen molar-refractivity contribution in [3.8, 4) is 0 Å². The predicted octanol–water partition coefficient (Wildman–Crippen LogP) is 1.27. The van der Waals surface area contributed by atoms with Gasteiger partial charge in [0.2, 0.25) is 0 Å². The van der Waals surface area contributed by atoms with Gasteiger partial charge in [0, 0.05) is 17.1 Å². The molecule has 0 aromatic heterocycles. The van der Waals surface area contributed by atoms with Gasteiger partial charge >= 0.3 is 5.97 Å². The van der Waals surface area contributed by atoms with E-state index in [2.05, 4.69) is 5.32 Å². The molecule has 0 atom stereocenters. The Kier molecular flexibility index (Phi) is 8.04. The first-order valence-corrected chi connectivity index (χ1v) is 10.2. The van der Waals surface area contributed by atoms with Crippen LogP contribution in [0.4, 0.5) is 0 Å². The van der Waals surface area contributed by atoms with Crippen LogP contribution in [-0.4, -0.2) is 51.3 Å². The minimum atomic E-state index is -0.497. The molecule has 0 bridgehead atoms. The second-order valence-corrected chi connectivity index (χ2v) is 7.48. The van der Waals surface area contributed by atoms with Crippen LogP contribution >= 0.6 is 11.6 Å². The number of hydrogen-bond acceptors (Lipinski definition) is 4. The van der Waals surface area contributed by atoms with Gasteiger partial charge in [0.15, 0.2) is 6.61 Å². The van der Waals surface area contributed by atoms with E-state index in [1.54, 1.807) is 12.1 Å². The zero-order chi connectivity index (χ0) is 20.5. The summed E-state index contributed by atoms with van der Waals surface area (Å²) in [6, 6.07) is 14.8. The van der Waals surface area contributed by atoms with Gasteiger partial charge in [0.05, 0.1) is 18.8 Å². The third kappa shape index (κ3) is 7.16. The van der Waals surface area contributed by atoms with E-state index in [-0.39, 0.29) is 12.5 Å². The number of carbonyl (C=O) groups excluding carboxylic acids is 2. The van der Waals surface area contributed by atoms with E-state index in [4.69, 9.17) is 21.1 Å². The maximum atomic E-state index is 12.1. The molecule has 1 aliphatic heterocycles.